The Balaban J connectivity index is 1.44. The standard InChI is InChI=1S/C28H29BrOS/c1-2-3-4-5-6-8-11-21-14-16-22(17-15-21)23-18-19-25-26(20-23)31-28(29)27(25)30-24-12-9-7-10-13-24/h7,9-10,12-20H,2-6,8,11H2,1H3. The van der Waals surface area contributed by atoms with Crippen molar-refractivity contribution in [1.82, 2.24) is 0 Å². The van der Waals surface area contributed by atoms with Gasteiger partial charge < -0.3 is 4.74 Å². The number of hydrogen-bond donors (Lipinski definition) is 0. The van der Waals surface area contributed by atoms with E-state index in [1.807, 2.05) is 30.3 Å². The summed E-state index contributed by atoms with van der Waals surface area (Å²) in [6.07, 6.45) is 9.27. The molecule has 0 fully saturated rings. The van der Waals surface area contributed by atoms with Gasteiger partial charge in [0.25, 0.3) is 0 Å². The molecule has 3 heteroatoms. The van der Waals surface area contributed by atoms with Gasteiger partial charge in [0.15, 0.2) is 5.75 Å². The van der Waals surface area contributed by atoms with Gasteiger partial charge in [-0.15, -0.1) is 11.3 Å². The van der Waals surface area contributed by atoms with Crippen LogP contribution >= 0.6 is 27.3 Å². The highest BCUT2D eigenvalue weighted by atomic mass is 79.9. The van der Waals surface area contributed by atoms with Crippen LogP contribution in [0.3, 0.4) is 0 Å². The summed E-state index contributed by atoms with van der Waals surface area (Å²) in [4.78, 5) is 0. The zero-order valence-corrected chi connectivity index (χ0v) is 20.5. The molecule has 0 N–H and O–H groups in total. The Morgan fingerprint density at radius 3 is 2.26 bits per heavy atom. The van der Waals surface area contributed by atoms with Crippen LogP contribution in [0, 0.1) is 0 Å². The lowest BCUT2D eigenvalue weighted by Crippen LogP contribution is -1.87. The van der Waals surface area contributed by atoms with Crippen LogP contribution in [0.15, 0.2) is 76.6 Å². The molecule has 0 bridgehead atoms. The third kappa shape index (κ3) is 5.78. The molecule has 0 atom stereocenters. The molecule has 0 aliphatic carbocycles. The summed E-state index contributed by atoms with van der Waals surface area (Å²) in [6.45, 7) is 2.27. The Labute approximate surface area is 198 Å². The second-order valence-corrected chi connectivity index (χ2v) is 10.4. The predicted molar refractivity (Wildman–Crippen MR) is 139 cm³/mol. The number of ether oxygens (including phenoxy) is 1. The van der Waals surface area contributed by atoms with Crippen molar-refractivity contribution in [3.8, 4) is 22.6 Å². The second-order valence-electron chi connectivity index (χ2n) is 8.05. The molecule has 0 amide bonds. The van der Waals surface area contributed by atoms with Gasteiger partial charge in [-0.1, -0.05) is 87.6 Å². The molecule has 0 aliphatic rings. The fourth-order valence-electron chi connectivity index (χ4n) is 3.90. The normalized spacial score (nSPS) is 11.2. The number of aryl methyl sites for hydroxylation is 1. The summed E-state index contributed by atoms with van der Waals surface area (Å²) in [7, 11) is 0. The maximum Gasteiger partial charge on any atom is 0.160 e. The van der Waals surface area contributed by atoms with E-state index in [9.17, 15) is 0 Å². The van der Waals surface area contributed by atoms with Crippen LogP contribution < -0.4 is 4.74 Å². The summed E-state index contributed by atoms with van der Waals surface area (Å²) >= 11 is 5.42. The molecule has 0 aliphatic heterocycles. The van der Waals surface area contributed by atoms with Crippen molar-refractivity contribution in [2.24, 2.45) is 0 Å². The Hall–Kier alpha value is -2.10. The van der Waals surface area contributed by atoms with Gasteiger partial charge in [-0.3, -0.25) is 0 Å². The lowest BCUT2D eigenvalue weighted by molar-refractivity contribution is 0.487. The van der Waals surface area contributed by atoms with Crippen molar-refractivity contribution in [3.63, 3.8) is 0 Å². The van der Waals surface area contributed by atoms with Crippen LogP contribution in [0.5, 0.6) is 11.5 Å². The van der Waals surface area contributed by atoms with Crippen molar-refractivity contribution < 1.29 is 4.74 Å². The van der Waals surface area contributed by atoms with Gasteiger partial charge in [-0.05, 0) is 69.7 Å². The molecule has 1 nitrogen and oxygen atoms in total. The van der Waals surface area contributed by atoms with E-state index in [0.717, 1.165) is 20.7 Å². The van der Waals surface area contributed by atoms with Gasteiger partial charge in [0.05, 0.1) is 0 Å². The summed E-state index contributed by atoms with van der Waals surface area (Å²) in [6, 6.07) is 25.7. The first kappa shape index (κ1) is 22.1. The van der Waals surface area contributed by atoms with Crippen LogP contribution in [0.1, 0.15) is 51.0 Å². The molecule has 3 aromatic carbocycles. The quantitative estimate of drug-likeness (QED) is 0.200. The molecule has 0 spiro atoms. The van der Waals surface area contributed by atoms with Crippen molar-refractivity contribution in [3.05, 3.63) is 82.1 Å². The monoisotopic (exact) mass is 492 g/mol. The van der Waals surface area contributed by atoms with E-state index in [1.54, 1.807) is 11.3 Å². The minimum absolute atomic E-state index is 0.855. The van der Waals surface area contributed by atoms with Crippen LogP contribution in [-0.2, 0) is 6.42 Å². The lowest BCUT2D eigenvalue weighted by atomic mass is 10.0. The smallest absolute Gasteiger partial charge is 0.160 e. The fourth-order valence-corrected chi connectivity index (χ4v) is 5.61. The number of rotatable bonds is 10. The Kier molecular flexibility index (Phi) is 7.82. The van der Waals surface area contributed by atoms with Gasteiger partial charge >= 0.3 is 0 Å². The van der Waals surface area contributed by atoms with Crippen molar-refractivity contribution in [2.75, 3.05) is 0 Å². The molecule has 1 heterocycles. The predicted octanol–water partition coefficient (Wildman–Crippen LogP) is 10.0. The first-order chi connectivity index (χ1) is 15.2. The molecule has 0 radical (unpaired) electrons. The summed E-state index contributed by atoms with van der Waals surface area (Å²) in [5.41, 5.74) is 3.96. The molecule has 31 heavy (non-hydrogen) atoms. The van der Waals surface area contributed by atoms with Gasteiger partial charge in [0, 0.05) is 10.1 Å². The maximum absolute atomic E-state index is 6.16. The first-order valence-corrected chi connectivity index (χ1v) is 12.9. The zero-order valence-electron chi connectivity index (χ0n) is 18.1. The molecular weight excluding hydrogens is 464 g/mol. The summed E-state index contributed by atoms with van der Waals surface area (Å²) < 4.78 is 8.41. The van der Waals surface area contributed by atoms with Crippen molar-refractivity contribution in [2.45, 2.75) is 51.9 Å². The number of thiophene rings is 1. The van der Waals surface area contributed by atoms with Gasteiger partial charge in [-0.2, -0.15) is 0 Å². The molecule has 0 unspecified atom stereocenters. The molecule has 1 aromatic heterocycles. The highest BCUT2D eigenvalue weighted by Gasteiger charge is 2.13. The van der Waals surface area contributed by atoms with Gasteiger partial charge in [0.2, 0.25) is 0 Å². The minimum Gasteiger partial charge on any atom is -0.455 e. The van der Waals surface area contributed by atoms with E-state index in [-0.39, 0.29) is 0 Å². The van der Waals surface area contributed by atoms with E-state index < -0.39 is 0 Å². The third-order valence-corrected chi connectivity index (χ3v) is 7.44. The minimum atomic E-state index is 0.855. The molecule has 0 saturated carbocycles. The number of benzene rings is 3. The SMILES string of the molecule is CCCCCCCCc1ccc(-c2ccc3c(Oc4ccccc4)c(Br)sc3c2)cc1. The largest absolute Gasteiger partial charge is 0.455 e. The molecule has 160 valence electrons. The van der Waals surface area contributed by atoms with Gasteiger partial charge in [0.1, 0.15) is 9.54 Å². The summed E-state index contributed by atoms with van der Waals surface area (Å²) in [5.74, 6) is 1.75. The maximum atomic E-state index is 6.16. The molecule has 4 aromatic rings. The van der Waals surface area contributed by atoms with Crippen LogP contribution in [0.2, 0.25) is 0 Å². The van der Waals surface area contributed by atoms with Crippen LogP contribution in [-0.4, -0.2) is 0 Å². The third-order valence-electron chi connectivity index (χ3n) is 5.67. The average molecular weight is 494 g/mol. The fraction of sp³-hybridized carbons (Fsp3) is 0.286. The average Bonchev–Trinajstić information content (AvgIpc) is 3.11. The Morgan fingerprint density at radius 1 is 0.774 bits per heavy atom. The number of unbranched alkanes of at least 4 members (excludes halogenated alkanes) is 5. The highest BCUT2D eigenvalue weighted by molar-refractivity contribution is 9.11. The number of hydrogen-bond acceptors (Lipinski definition) is 2. The van der Waals surface area contributed by atoms with Crippen molar-refractivity contribution in [1.29, 1.82) is 0 Å². The number of para-hydroxylation sites is 1. The zero-order chi connectivity index (χ0) is 21.5. The van der Waals surface area contributed by atoms with Crippen LogP contribution in [0.4, 0.5) is 0 Å². The lowest BCUT2D eigenvalue weighted by Gasteiger charge is -2.07. The molecule has 0 saturated heterocycles. The number of fused-ring (bicyclic) bond motifs is 1. The van der Waals surface area contributed by atoms with E-state index in [4.69, 9.17) is 4.74 Å². The van der Waals surface area contributed by atoms with E-state index in [1.165, 1.54) is 66.3 Å². The summed E-state index contributed by atoms with van der Waals surface area (Å²) in [5, 5.41) is 1.14. The topological polar surface area (TPSA) is 9.23 Å². The van der Waals surface area contributed by atoms with E-state index >= 15 is 0 Å². The second kappa shape index (κ2) is 11.0. The van der Waals surface area contributed by atoms with Crippen molar-refractivity contribution >= 4 is 37.4 Å². The molecule has 4 rings (SSSR count). The first-order valence-electron chi connectivity index (χ1n) is 11.3. The van der Waals surface area contributed by atoms with Gasteiger partial charge in [-0.25, -0.2) is 0 Å². The van der Waals surface area contributed by atoms with E-state index in [2.05, 4.69) is 65.3 Å². The Bertz CT molecular complexity index is 1100. The van der Waals surface area contributed by atoms with E-state index in [0.29, 0.717) is 0 Å². The highest BCUT2D eigenvalue weighted by Crippen LogP contribution is 2.44. The Morgan fingerprint density at radius 2 is 1.48 bits per heavy atom. The molecular formula is C28H29BrOS. The number of halogens is 1. The van der Waals surface area contributed by atoms with Crippen LogP contribution in [0.25, 0.3) is 21.2 Å².